The van der Waals surface area contributed by atoms with Crippen LogP contribution in [0.4, 0.5) is 4.79 Å². The molecule has 51 heavy (non-hydrogen) atoms. The van der Waals surface area contributed by atoms with Crippen LogP contribution in [-0.2, 0) is 30.4 Å². The molecule has 3 saturated heterocycles. The van der Waals surface area contributed by atoms with Crippen molar-refractivity contribution in [1.29, 1.82) is 0 Å². The number of carbonyl (C=O) groups is 4. The SMILES string of the molecule is Cc1ncsc1-c1ccc(CNC(=O)[C@@H]2C[C@@H](O)CN2C(=O)[C@@H](NC(=O)CN2CCC(OC3CN(C(=O)OC(C)(C)C)C3)CC2)C(C)(C)C)cc1. The molecule has 4 amide bonds. The summed E-state index contributed by atoms with van der Waals surface area (Å²) in [6.07, 6.45) is 0.518. The summed E-state index contributed by atoms with van der Waals surface area (Å²) in [6.45, 7) is 15.9. The number of nitrogens with zero attached hydrogens (tertiary/aromatic N) is 4. The molecule has 3 N–H and O–H groups in total. The molecule has 3 fully saturated rings. The van der Waals surface area contributed by atoms with Crippen LogP contribution in [0.5, 0.6) is 0 Å². The Morgan fingerprint density at radius 3 is 2.25 bits per heavy atom. The molecule has 0 bridgehead atoms. The fourth-order valence-corrected chi connectivity index (χ4v) is 7.48. The lowest BCUT2D eigenvalue weighted by molar-refractivity contribution is -0.144. The molecule has 3 atom stereocenters. The van der Waals surface area contributed by atoms with Gasteiger partial charge in [0.2, 0.25) is 17.7 Å². The standard InChI is InChI=1S/C37H54N6O7S/c1-23-31(51-22-39-23)25-10-8-24(9-11-25)17-38-33(46)29-16-26(44)18-43(29)34(47)32(36(2,3)4)40-30(45)21-41-14-12-27(13-15-41)49-28-19-42(20-28)35(48)50-37(5,6)7/h8-11,22,26-29,32,44H,12-21H2,1-7H3,(H,38,46)(H,40,45)/t26-,29+,32-/m1/s1. The number of carbonyl (C=O) groups excluding carboxylic acids is 4. The minimum Gasteiger partial charge on any atom is -0.444 e. The van der Waals surface area contributed by atoms with Gasteiger partial charge in [-0.15, -0.1) is 11.3 Å². The van der Waals surface area contributed by atoms with Gasteiger partial charge in [-0.1, -0.05) is 45.0 Å². The number of piperidine rings is 1. The first kappa shape index (κ1) is 38.6. The first-order chi connectivity index (χ1) is 24.0. The summed E-state index contributed by atoms with van der Waals surface area (Å²) in [5.41, 5.74) is 3.59. The second-order valence-corrected chi connectivity index (χ2v) is 16.9. The van der Waals surface area contributed by atoms with Crippen LogP contribution in [0, 0.1) is 12.3 Å². The molecule has 280 valence electrons. The molecule has 0 saturated carbocycles. The number of aryl methyl sites for hydroxylation is 1. The maximum atomic E-state index is 14.0. The van der Waals surface area contributed by atoms with Crippen molar-refractivity contribution in [3.05, 3.63) is 41.0 Å². The molecular weight excluding hydrogens is 673 g/mol. The van der Waals surface area contributed by atoms with E-state index in [1.165, 1.54) is 4.90 Å². The van der Waals surface area contributed by atoms with Crippen LogP contribution in [0.25, 0.3) is 10.4 Å². The highest BCUT2D eigenvalue weighted by molar-refractivity contribution is 7.13. The lowest BCUT2D eigenvalue weighted by Gasteiger charge is -2.42. The average Bonchev–Trinajstić information content (AvgIpc) is 3.64. The van der Waals surface area contributed by atoms with Crippen molar-refractivity contribution in [3.8, 4) is 10.4 Å². The van der Waals surface area contributed by atoms with Gasteiger partial charge in [0.25, 0.3) is 0 Å². The lowest BCUT2D eigenvalue weighted by atomic mass is 9.85. The number of aliphatic hydroxyl groups excluding tert-OH is 1. The largest absolute Gasteiger partial charge is 0.444 e. The van der Waals surface area contributed by atoms with E-state index in [0.29, 0.717) is 26.2 Å². The molecule has 1 aromatic heterocycles. The Kier molecular flexibility index (Phi) is 12.1. The average molecular weight is 727 g/mol. The summed E-state index contributed by atoms with van der Waals surface area (Å²) >= 11 is 1.58. The zero-order valence-electron chi connectivity index (χ0n) is 30.9. The maximum Gasteiger partial charge on any atom is 0.410 e. The quantitative estimate of drug-likeness (QED) is 0.335. The van der Waals surface area contributed by atoms with Crippen LogP contribution < -0.4 is 10.6 Å². The first-order valence-corrected chi connectivity index (χ1v) is 18.8. The van der Waals surface area contributed by atoms with Crippen molar-refractivity contribution in [3.63, 3.8) is 0 Å². The summed E-state index contributed by atoms with van der Waals surface area (Å²) in [4.78, 5) is 63.5. The Morgan fingerprint density at radius 1 is 1.00 bits per heavy atom. The predicted molar refractivity (Wildman–Crippen MR) is 194 cm³/mol. The molecule has 0 radical (unpaired) electrons. The number of thiazole rings is 1. The van der Waals surface area contributed by atoms with Crippen molar-refractivity contribution < 1.29 is 33.8 Å². The van der Waals surface area contributed by atoms with Gasteiger partial charge in [0.15, 0.2) is 0 Å². The van der Waals surface area contributed by atoms with E-state index in [1.54, 1.807) is 16.2 Å². The second kappa shape index (κ2) is 16.0. The second-order valence-electron chi connectivity index (χ2n) is 16.1. The van der Waals surface area contributed by atoms with Crippen molar-refractivity contribution in [2.45, 2.75) is 110 Å². The van der Waals surface area contributed by atoms with Gasteiger partial charge in [-0.25, -0.2) is 9.78 Å². The fraction of sp³-hybridized carbons (Fsp3) is 0.649. The van der Waals surface area contributed by atoms with Gasteiger partial charge in [0.05, 0.1) is 54.0 Å². The Bertz CT molecular complexity index is 1540. The van der Waals surface area contributed by atoms with E-state index in [-0.39, 0.29) is 62.1 Å². The summed E-state index contributed by atoms with van der Waals surface area (Å²) in [7, 11) is 0. The number of likely N-dealkylation sites (tertiary alicyclic amines) is 3. The van der Waals surface area contributed by atoms with Crippen LogP contribution in [0.3, 0.4) is 0 Å². The Balaban J connectivity index is 1.09. The van der Waals surface area contributed by atoms with Gasteiger partial charge in [-0.05, 0) is 57.1 Å². The normalized spacial score (nSPS) is 21.3. The van der Waals surface area contributed by atoms with Crippen molar-refractivity contribution >= 4 is 35.2 Å². The third-order valence-electron chi connectivity index (χ3n) is 9.50. The molecule has 1 aromatic carbocycles. The Morgan fingerprint density at radius 2 is 1.67 bits per heavy atom. The van der Waals surface area contributed by atoms with Crippen LogP contribution in [0.1, 0.15) is 72.1 Å². The number of β-amino-alcohol motifs (C(OH)–C–C–N with tert-alkyl or cyclic N) is 1. The topological polar surface area (TPSA) is 154 Å². The molecule has 2 aromatic rings. The fourth-order valence-electron chi connectivity index (χ4n) is 6.67. The maximum absolute atomic E-state index is 14.0. The van der Waals surface area contributed by atoms with Crippen LogP contribution in [0.2, 0.25) is 0 Å². The van der Waals surface area contributed by atoms with Gasteiger partial charge < -0.3 is 35.0 Å². The van der Waals surface area contributed by atoms with E-state index in [2.05, 4.69) is 15.6 Å². The van der Waals surface area contributed by atoms with Gasteiger partial charge in [-0.2, -0.15) is 0 Å². The highest BCUT2D eigenvalue weighted by Crippen LogP contribution is 2.29. The smallest absolute Gasteiger partial charge is 0.410 e. The number of aromatic nitrogens is 1. The van der Waals surface area contributed by atoms with E-state index < -0.39 is 29.2 Å². The molecule has 5 rings (SSSR count). The number of rotatable bonds is 10. The zero-order valence-corrected chi connectivity index (χ0v) is 31.8. The minimum absolute atomic E-state index is 0.0172. The molecule has 0 unspecified atom stereocenters. The first-order valence-electron chi connectivity index (χ1n) is 17.9. The van der Waals surface area contributed by atoms with E-state index in [1.807, 2.05) is 83.1 Å². The third-order valence-corrected chi connectivity index (χ3v) is 10.5. The summed E-state index contributed by atoms with van der Waals surface area (Å²) in [5, 5.41) is 16.4. The number of hydrogen-bond acceptors (Lipinski definition) is 10. The van der Waals surface area contributed by atoms with Crippen LogP contribution in [-0.4, -0.2) is 124 Å². The molecule has 3 aliphatic rings. The van der Waals surface area contributed by atoms with Crippen molar-refractivity contribution in [1.82, 2.24) is 30.3 Å². The zero-order chi connectivity index (χ0) is 37.1. The highest BCUT2D eigenvalue weighted by Gasteiger charge is 2.44. The minimum atomic E-state index is -0.888. The molecule has 4 heterocycles. The van der Waals surface area contributed by atoms with Crippen LogP contribution >= 0.6 is 11.3 Å². The molecule has 0 aliphatic carbocycles. The van der Waals surface area contributed by atoms with Gasteiger partial charge in [-0.3, -0.25) is 19.3 Å². The molecule has 3 aliphatic heterocycles. The van der Waals surface area contributed by atoms with E-state index in [0.717, 1.165) is 34.5 Å². The van der Waals surface area contributed by atoms with E-state index >= 15 is 0 Å². The summed E-state index contributed by atoms with van der Waals surface area (Å²) in [6, 6.07) is 6.18. The lowest BCUT2D eigenvalue weighted by Crippen LogP contribution is -2.59. The van der Waals surface area contributed by atoms with Gasteiger partial charge in [0.1, 0.15) is 17.7 Å². The molecule has 14 heteroatoms. The summed E-state index contributed by atoms with van der Waals surface area (Å²) < 4.78 is 11.6. The van der Waals surface area contributed by atoms with Crippen LogP contribution in [0.15, 0.2) is 29.8 Å². The Hall–Kier alpha value is -3.59. The number of nitrogens with one attached hydrogen (secondary N) is 2. The monoisotopic (exact) mass is 726 g/mol. The predicted octanol–water partition coefficient (Wildman–Crippen LogP) is 3.33. The highest BCUT2D eigenvalue weighted by atomic mass is 32.1. The number of aliphatic hydroxyl groups is 1. The number of amides is 4. The summed E-state index contributed by atoms with van der Waals surface area (Å²) in [5.74, 6) is -0.997. The number of hydrogen-bond donors (Lipinski definition) is 3. The molecule has 0 spiro atoms. The van der Waals surface area contributed by atoms with E-state index in [4.69, 9.17) is 9.47 Å². The van der Waals surface area contributed by atoms with Crippen molar-refractivity contribution in [2.75, 3.05) is 39.3 Å². The number of benzene rings is 1. The Labute approximate surface area is 305 Å². The van der Waals surface area contributed by atoms with Gasteiger partial charge in [0, 0.05) is 32.6 Å². The van der Waals surface area contributed by atoms with E-state index in [9.17, 15) is 24.3 Å². The third kappa shape index (κ3) is 10.3. The van der Waals surface area contributed by atoms with Gasteiger partial charge >= 0.3 is 6.09 Å². The molecular formula is C37H54N6O7S. The van der Waals surface area contributed by atoms with Crippen molar-refractivity contribution in [2.24, 2.45) is 5.41 Å². The molecule has 13 nitrogen and oxygen atoms in total. The number of ether oxygens (including phenoxy) is 2.